The van der Waals surface area contributed by atoms with Gasteiger partial charge in [0.15, 0.2) is 0 Å². The van der Waals surface area contributed by atoms with Gasteiger partial charge >= 0.3 is 0 Å². The summed E-state index contributed by atoms with van der Waals surface area (Å²) in [5, 5.41) is 0. The second-order valence-corrected chi connectivity index (χ2v) is 8.28. The van der Waals surface area contributed by atoms with E-state index in [1.165, 1.54) is 29.0 Å². The lowest BCUT2D eigenvalue weighted by Crippen LogP contribution is -2.44. The Labute approximate surface area is 165 Å². The highest BCUT2D eigenvalue weighted by atomic mass is 32.1. The molecular weight excluding hydrogens is 354 g/mol. The second-order valence-electron chi connectivity index (χ2n) is 7.34. The van der Waals surface area contributed by atoms with Crippen LogP contribution < -0.4 is 0 Å². The summed E-state index contributed by atoms with van der Waals surface area (Å²) >= 11 is 1.78. The fourth-order valence-corrected chi connectivity index (χ4v) is 4.66. The zero-order valence-electron chi connectivity index (χ0n) is 15.9. The molecule has 3 heterocycles. The predicted molar refractivity (Wildman–Crippen MR) is 110 cm³/mol. The van der Waals surface area contributed by atoms with E-state index in [4.69, 9.17) is 4.42 Å². The van der Waals surface area contributed by atoms with Crippen molar-refractivity contribution in [1.29, 1.82) is 0 Å². The van der Waals surface area contributed by atoms with Crippen LogP contribution in [-0.4, -0.2) is 33.9 Å². The molecule has 1 saturated heterocycles. The average molecular weight is 382 g/mol. The number of aromatic nitrogens is 1. The van der Waals surface area contributed by atoms with E-state index in [2.05, 4.69) is 58.1 Å². The third-order valence-corrected chi connectivity index (χ3v) is 6.37. The first-order valence-electron chi connectivity index (χ1n) is 9.69. The summed E-state index contributed by atoms with van der Waals surface area (Å²) < 4.78 is 5.52. The zero-order chi connectivity index (χ0) is 18.5. The van der Waals surface area contributed by atoms with Crippen molar-refractivity contribution in [2.75, 3.05) is 13.1 Å². The Morgan fingerprint density at radius 1 is 1.11 bits per heavy atom. The Kier molecular flexibility index (Phi) is 6.02. The van der Waals surface area contributed by atoms with Crippen molar-refractivity contribution in [1.82, 2.24) is 14.8 Å². The fourth-order valence-electron chi connectivity index (χ4n) is 3.86. The average Bonchev–Trinajstić information content (AvgIpc) is 3.35. The molecular formula is C22H27N3OS. The number of furan rings is 1. The highest BCUT2D eigenvalue weighted by molar-refractivity contribution is 7.09. The molecule has 142 valence electrons. The van der Waals surface area contributed by atoms with Gasteiger partial charge in [0.25, 0.3) is 0 Å². The van der Waals surface area contributed by atoms with Gasteiger partial charge in [-0.2, -0.15) is 0 Å². The summed E-state index contributed by atoms with van der Waals surface area (Å²) in [6.07, 6.45) is 4.16. The number of nitrogens with zero attached hydrogens (tertiary/aromatic N) is 3. The number of piperidine rings is 1. The highest BCUT2D eigenvalue weighted by Gasteiger charge is 2.26. The molecule has 0 unspecified atom stereocenters. The Morgan fingerprint density at radius 3 is 2.59 bits per heavy atom. The highest BCUT2D eigenvalue weighted by Crippen LogP contribution is 2.24. The second kappa shape index (κ2) is 8.83. The Balaban J connectivity index is 1.41. The summed E-state index contributed by atoms with van der Waals surface area (Å²) in [6, 6.07) is 15.5. The molecule has 27 heavy (non-hydrogen) atoms. The van der Waals surface area contributed by atoms with Crippen molar-refractivity contribution in [3.05, 3.63) is 76.1 Å². The molecule has 1 fully saturated rings. The van der Waals surface area contributed by atoms with Crippen LogP contribution in [0.3, 0.4) is 0 Å². The van der Waals surface area contributed by atoms with Crippen molar-refractivity contribution in [3.8, 4) is 0 Å². The SMILES string of the molecule is Cc1ncsc1CN(Cc1ccccc1)C1CCN(Cc2ccco2)CC1. The number of likely N-dealkylation sites (tertiary alicyclic amines) is 1. The molecule has 5 heteroatoms. The van der Waals surface area contributed by atoms with Crippen LogP contribution in [0.25, 0.3) is 0 Å². The van der Waals surface area contributed by atoms with Gasteiger partial charge < -0.3 is 4.42 Å². The zero-order valence-corrected chi connectivity index (χ0v) is 16.7. The van der Waals surface area contributed by atoms with Crippen molar-refractivity contribution in [3.63, 3.8) is 0 Å². The Morgan fingerprint density at radius 2 is 1.93 bits per heavy atom. The van der Waals surface area contributed by atoms with Crippen LogP contribution in [0.15, 0.2) is 58.7 Å². The first-order valence-corrected chi connectivity index (χ1v) is 10.6. The lowest BCUT2D eigenvalue weighted by molar-refractivity contribution is 0.0905. The van der Waals surface area contributed by atoms with Crippen molar-refractivity contribution >= 4 is 11.3 Å². The van der Waals surface area contributed by atoms with E-state index in [9.17, 15) is 0 Å². The van der Waals surface area contributed by atoms with E-state index >= 15 is 0 Å². The summed E-state index contributed by atoms with van der Waals surface area (Å²) in [7, 11) is 0. The molecule has 0 atom stereocenters. The van der Waals surface area contributed by atoms with Crippen molar-refractivity contribution < 1.29 is 4.42 Å². The van der Waals surface area contributed by atoms with Crippen LogP contribution in [-0.2, 0) is 19.6 Å². The lowest BCUT2D eigenvalue weighted by Gasteiger charge is -2.38. The number of benzene rings is 1. The van der Waals surface area contributed by atoms with Gasteiger partial charge in [-0.15, -0.1) is 11.3 Å². The number of aryl methyl sites for hydroxylation is 1. The number of hydrogen-bond donors (Lipinski definition) is 0. The summed E-state index contributed by atoms with van der Waals surface area (Å²) in [5.41, 5.74) is 4.53. The molecule has 1 aromatic carbocycles. The number of hydrogen-bond acceptors (Lipinski definition) is 5. The molecule has 1 aliphatic rings. The van der Waals surface area contributed by atoms with Gasteiger partial charge in [-0.25, -0.2) is 4.98 Å². The van der Waals surface area contributed by atoms with Crippen LogP contribution >= 0.6 is 11.3 Å². The monoisotopic (exact) mass is 381 g/mol. The van der Waals surface area contributed by atoms with Gasteiger partial charge in [0.2, 0.25) is 0 Å². The maximum atomic E-state index is 5.52. The minimum Gasteiger partial charge on any atom is -0.468 e. The van der Waals surface area contributed by atoms with Crippen LogP contribution in [0.2, 0.25) is 0 Å². The molecule has 0 N–H and O–H groups in total. The van der Waals surface area contributed by atoms with Crippen LogP contribution in [0.5, 0.6) is 0 Å². The van der Waals surface area contributed by atoms with E-state index in [1.807, 2.05) is 11.6 Å². The molecule has 0 aliphatic carbocycles. The van der Waals surface area contributed by atoms with E-state index in [-0.39, 0.29) is 0 Å². The fraction of sp³-hybridized carbons (Fsp3) is 0.409. The molecule has 1 aliphatic heterocycles. The molecule has 3 aromatic rings. The van der Waals surface area contributed by atoms with Crippen LogP contribution in [0.1, 0.15) is 34.7 Å². The summed E-state index contributed by atoms with van der Waals surface area (Å²) in [5.74, 6) is 1.06. The number of rotatable bonds is 7. The maximum Gasteiger partial charge on any atom is 0.117 e. The third-order valence-electron chi connectivity index (χ3n) is 5.45. The Hall–Kier alpha value is -1.95. The maximum absolute atomic E-state index is 5.52. The molecule has 0 spiro atoms. The number of thiazole rings is 1. The van der Waals surface area contributed by atoms with Crippen molar-refractivity contribution in [2.24, 2.45) is 0 Å². The smallest absolute Gasteiger partial charge is 0.117 e. The van der Waals surface area contributed by atoms with E-state index < -0.39 is 0 Å². The van der Waals surface area contributed by atoms with Gasteiger partial charge in [-0.05, 0) is 37.5 Å². The molecule has 4 nitrogen and oxygen atoms in total. The van der Waals surface area contributed by atoms with Gasteiger partial charge in [-0.1, -0.05) is 30.3 Å². The minimum absolute atomic E-state index is 0.611. The normalized spacial score (nSPS) is 16.2. The van der Waals surface area contributed by atoms with Crippen molar-refractivity contribution in [2.45, 2.75) is 45.4 Å². The van der Waals surface area contributed by atoms with E-state index in [0.717, 1.165) is 38.5 Å². The standard InChI is InChI=1S/C22H27N3OS/c1-18-22(27-17-23-18)16-25(14-19-6-3-2-4-7-19)20-9-11-24(12-10-20)15-21-8-5-13-26-21/h2-8,13,17,20H,9-12,14-16H2,1H3. The van der Waals surface area contributed by atoms with Crippen LogP contribution in [0.4, 0.5) is 0 Å². The first kappa shape index (κ1) is 18.4. The molecule has 4 rings (SSSR count). The van der Waals surface area contributed by atoms with Gasteiger partial charge in [0, 0.05) is 37.1 Å². The summed E-state index contributed by atoms with van der Waals surface area (Å²) in [6.45, 7) is 7.29. The predicted octanol–water partition coefficient (Wildman–Crippen LogP) is 4.71. The Bertz CT molecular complexity index is 807. The summed E-state index contributed by atoms with van der Waals surface area (Å²) in [4.78, 5) is 11.0. The van der Waals surface area contributed by atoms with E-state index in [1.54, 1.807) is 17.6 Å². The van der Waals surface area contributed by atoms with Gasteiger partial charge in [0.1, 0.15) is 5.76 Å². The topological polar surface area (TPSA) is 32.5 Å². The largest absolute Gasteiger partial charge is 0.468 e. The van der Waals surface area contributed by atoms with Gasteiger partial charge in [-0.3, -0.25) is 9.80 Å². The lowest BCUT2D eigenvalue weighted by atomic mass is 10.0. The molecule has 0 radical (unpaired) electrons. The third kappa shape index (κ3) is 4.86. The van der Waals surface area contributed by atoms with Crippen LogP contribution in [0, 0.1) is 6.92 Å². The minimum atomic E-state index is 0.611. The molecule has 0 bridgehead atoms. The first-order chi connectivity index (χ1) is 13.3. The molecule has 0 saturated carbocycles. The van der Waals surface area contributed by atoms with E-state index in [0.29, 0.717) is 6.04 Å². The van der Waals surface area contributed by atoms with Gasteiger partial charge in [0.05, 0.1) is 24.0 Å². The molecule has 2 aromatic heterocycles. The molecule has 0 amide bonds. The quantitative estimate of drug-likeness (QED) is 0.593.